The Hall–Kier alpha value is -2.78. The van der Waals surface area contributed by atoms with Gasteiger partial charge >= 0.3 is 12.4 Å². The van der Waals surface area contributed by atoms with Gasteiger partial charge in [-0.15, -0.1) is 0 Å². The third-order valence-corrected chi connectivity index (χ3v) is 4.23. The van der Waals surface area contributed by atoms with Crippen LogP contribution >= 0.6 is 0 Å². The number of hydrogen-bond acceptors (Lipinski definition) is 1. The van der Waals surface area contributed by atoms with E-state index in [0.717, 1.165) is 0 Å². The molecule has 0 saturated heterocycles. The van der Waals surface area contributed by atoms with Crippen LogP contribution in [0.1, 0.15) is 30.5 Å². The fourth-order valence-electron chi connectivity index (χ4n) is 2.65. The molecule has 0 aromatic heterocycles. The smallest absolute Gasteiger partial charge is 0.343 e. The van der Waals surface area contributed by atoms with Crippen molar-refractivity contribution in [2.75, 3.05) is 18.4 Å². The Morgan fingerprint density at radius 2 is 1.37 bits per heavy atom. The Labute approximate surface area is 169 Å². The fraction of sp³-hybridized carbons (Fsp3) is 0.350. The van der Waals surface area contributed by atoms with Crippen molar-refractivity contribution in [1.82, 2.24) is 4.90 Å². The monoisotopic (exact) mass is 435 g/mol. The quantitative estimate of drug-likeness (QED) is 0.345. The summed E-state index contributed by atoms with van der Waals surface area (Å²) in [5.74, 6) is -0.328. The normalized spacial score (nSPS) is 12.8. The molecule has 2 aromatic carbocycles. The van der Waals surface area contributed by atoms with E-state index in [9.17, 15) is 30.7 Å². The lowest BCUT2D eigenvalue weighted by Crippen LogP contribution is -2.36. The van der Waals surface area contributed by atoms with Crippen molar-refractivity contribution in [2.24, 2.45) is 4.99 Å². The summed E-state index contributed by atoms with van der Waals surface area (Å²) in [6.07, 6.45) is -9.89. The van der Waals surface area contributed by atoms with Gasteiger partial charge in [-0.3, -0.25) is 0 Å². The Morgan fingerprint density at radius 1 is 0.867 bits per heavy atom. The first-order chi connectivity index (χ1) is 13.9. The van der Waals surface area contributed by atoms with Gasteiger partial charge in [-0.1, -0.05) is 12.1 Å². The van der Waals surface area contributed by atoms with Crippen molar-refractivity contribution in [3.63, 3.8) is 0 Å². The van der Waals surface area contributed by atoms with Crippen molar-refractivity contribution in [3.05, 3.63) is 65.0 Å². The maximum atomic E-state index is 13.1. The van der Waals surface area contributed by atoms with Gasteiger partial charge in [0.2, 0.25) is 0 Å². The van der Waals surface area contributed by atoms with Gasteiger partial charge in [0, 0.05) is 18.8 Å². The van der Waals surface area contributed by atoms with Gasteiger partial charge in [-0.2, -0.15) is 26.3 Å². The number of hydrogen-bond donors (Lipinski definition) is 1. The zero-order valence-corrected chi connectivity index (χ0v) is 16.2. The summed E-state index contributed by atoms with van der Waals surface area (Å²) in [5.41, 5.74) is -2.60. The van der Waals surface area contributed by atoms with Crippen molar-refractivity contribution in [3.8, 4) is 0 Å². The third-order valence-electron chi connectivity index (χ3n) is 4.23. The first-order valence-electron chi connectivity index (χ1n) is 9.04. The summed E-state index contributed by atoms with van der Waals surface area (Å²) < 4.78 is 91.6. The number of nitrogens with one attached hydrogen (secondary N) is 1. The van der Waals surface area contributed by atoms with Crippen LogP contribution in [0.25, 0.3) is 0 Å². The molecule has 1 N–H and O–H groups in total. The van der Waals surface area contributed by atoms with E-state index in [1.165, 1.54) is 24.3 Å². The molecule has 3 nitrogen and oxygen atoms in total. The molecule has 0 radical (unpaired) electrons. The third kappa shape index (κ3) is 6.36. The van der Waals surface area contributed by atoms with Crippen LogP contribution in [0.2, 0.25) is 0 Å². The van der Waals surface area contributed by atoms with E-state index in [-0.39, 0.29) is 24.3 Å². The van der Waals surface area contributed by atoms with Gasteiger partial charge in [0.1, 0.15) is 5.82 Å². The van der Waals surface area contributed by atoms with Crippen LogP contribution in [-0.2, 0) is 18.9 Å². The molecule has 0 atom stereocenters. The summed E-state index contributed by atoms with van der Waals surface area (Å²) in [4.78, 5) is 5.94. The van der Waals surface area contributed by atoms with E-state index >= 15 is 0 Å². The summed E-state index contributed by atoms with van der Waals surface area (Å²) in [7, 11) is 0. The van der Waals surface area contributed by atoms with E-state index in [0.29, 0.717) is 30.8 Å². The largest absolute Gasteiger partial charge is 0.416 e. The predicted molar refractivity (Wildman–Crippen MR) is 101 cm³/mol. The van der Waals surface area contributed by atoms with E-state index in [1.54, 1.807) is 18.7 Å². The molecular weight excluding hydrogens is 415 g/mol. The second-order valence-corrected chi connectivity index (χ2v) is 6.36. The average Bonchev–Trinajstić information content (AvgIpc) is 2.66. The van der Waals surface area contributed by atoms with Crippen LogP contribution in [0.4, 0.5) is 36.4 Å². The van der Waals surface area contributed by atoms with Crippen molar-refractivity contribution in [2.45, 2.75) is 32.7 Å². The molecular formula is C20H20F7N3. The topological polar surface area (TPSA) is 27.6 Å². The average molecular weight is 435 g/mol. The molecule has 0 spiro atoms. The van der Waals surface area contributed by atoms with Gasteiger partial charge in [-0.05, 0) is 49.7 Å². The number of rotatable bonds is 5. The van der Waals surface area contributed by atoms with Gasteiger partial charge in [0.05, 0.1) is 17.7 Å². The van der Waals surface area contributed by atoms with E-state index < -0.39 is 29.3 Å². The molecule has 0 fully saturated rings. The minimum Gasteiger partial charge on any atom is -0.343 e. The minimum atomic E-state index is -4.95. The molecule has 0 aliphatic rings. The summed E-state index contributed by atoms with van der Waals surface area (Å²) in [6, 6.07) is 6.72. The van der Waals surface area contributed by atoms with Crippen LogP contribution in [0.3, 0.4) is 0 Å². The Balaban J connectivity index is 2.43. The first-order valence-corrected chi connectivity index (χ1v) is 9.04. The maximum absolute atomic E-state index is 13.1. The zero-order valence-electron chi connectivity index (χ0n) is 16.2. The lowest BCUT2D eigenvalue weighted by Gasteiger charge is -2.25. The fourth-order valence-corrected chi connectivity index (χ4v) is 2.65. The van der Waals surface area contributed by atoms with E-state index in [4.69, 9.17) is 0 Å². The highest BCUT2D eigenvalue weighted by atomic mass is 19.4. The summed E-state index contributed by atoms with van der Waals surface area (Å²) in [6.45, 7) is 4.43. The Morgan fingerprint density at radius 3 is 1.80 bits per heavy atom. The molecule has 10 heteroatoms. The van der Waals surface area contributed by atoms with Crippen LogP contribution in [0.5, 0.6) is 0 Å². The number of benzene rings is 2. The van der Waals surface area contributed by atoms with Crippen LogP contribution < -0.4 is 5.32 Å². The maximum Gasteiger partial charge on any atom is 0.416 e. The van der Waals surface area contributed by atoms with E-state index in [2.05, 4.69) is 10.3 Å². The SMILES string of the molecule is CCN(CC)C(=NCc1ccc(F)cc1)Nc1cc(C(F)(F)F)cc(C(F)(F)F)c1. The van der Waals surface area contributed by atoms with Crippen molar-refractivity contribution >= 4 is 11.6 Å². The number of nitrogens with zero attached hydrogens (tertiary/aromatic N) is 2. The minimum absolute atomic E-state index is 0.0597. The summed E-state index contributed by atoms with van der Waals surface area (Å²) in [5, 5.41) is 2.59. The van der Waals surface area contributed by atoms with Gasteiger partial charge in [-0.25, -0.2) is 9.38 Å². The molecule has 164 valence electrons. The first kappa shape index (κ1) is 23.5. The van der Waals surface area contributed by atoms with Crippen LogP contribution in [0.15, 0.2) is 47.5 Å². The molecule has 0 aliphatic heterocycles. The number of alkyl halides is 6. The molecule has 0 amide bonds. The Bertz CT molecular complexity index is 835. The molecule has 0 saturated carbocycles. The van der Waals surface area contributed by atoms with Gasteiger partial charge in [0.15, 0.2) is 5.96 Å². The molecule has 0 bridgehead atoms. The Kier molecular flexibility index (Phi) is 7.33. The molecule has 0 aliphatic carbocycles. The second-order valence-electron chi connectivity index (χ2n) is 6.36. The predicted octanol–water partition coefficient (Wildman–Crippen LogP) is 6.17. The molecule has 0 unspecified atom stereocenters. The second kappa shape index (κ2) is 9.36. The van der Waals surface area contributed by atoms with Gasteiger partial charge < -0.3 is 10.2 Å². The van der Waals surface area contributed by atoms with Crippen LogP contribution in [-0.4, -0.2) is 23.9 Å². The molecule has 2 rings (SSSR count). The molecule has 0 heterocycles. The summed E-state index contributed by atoms with van der Waals surface area (Å²) >= 11 is 0. The van der Waals surface area contributed by atoms with Crippen molar-refractivity contribution < 1.29 is 30.7 Å². The number of halogens is 7. The molecule has 2 aromatic rings. The molecule has 30 heavy (non-hydrogen) atoms. The van der Waals surface area contributed by atoms with Crippen molar-refractivity contribution in [1.29, 1.82) is 0 Å². The lowest BCUT2D eigenvalue weighted by atomic mass is 10.1. The number of guanidine groups is 1. The van der Waals surface area contributed by atoms with Crippen LogP contribution in [0, 0.1) is 5.82 Å². The highest BCUT2D eigenvalue weighted by molar-refractivity contribution is 5.93. The lowest BCUT2D eigenvalue weighted by molar-refractivity contribution is -0.143. The zero-order chi connectivity index (χ0) is 22.5. The van der Waals surface area contributed by atoms with Gasteiger partial charge in [0.25, 0.3) is 0 Å². The van der Waals surface area contributed by atoms with E-state index in [1.807, 2.05) is 0 Å². The standard InChI is InChI=1S/C20H20F7N3/c1-3-30(4-2)18(28-12-13-5-7-16(21)8-6-13)29-17-10-14(19(22,23)24)9-15(11-17)20(25,26)27/h5-11H,3-4,12H2,1-2H3,(H,28,29). The highest BCUT2D eigenvalue weighted by Gasteiger charge is 2.37. The number of anilines is 1. The number of aliphatic imine (C=N–C) groups is 1. The highest BCUT2D eigenvalue weighted by Crippen LogP contribution is 2.37.